The summed E-state index contributed by atoms with van der Waals surface area (Å²) in [5, 5.41) is 2.99. The maximum Gasteiger partial charge on any atom is 0.223 e. The molecule has 13 heavy (non-hydrogen) atoms. The summed E-state index contributed by atoms with van der Waals surface area (Å²) in [6.45, 7) is 1.38. The van der Waals surface area contributed by atoms with Crippen LogP contribution in [0.3, 0.4) is 0 Å². The van der Waals surface area contributed by atoms with E-state index in [4.69, 9.17) is 4.74 Å². The lowest BCUT2D eigenvalue weighted by Crippen LogP contribution is -2.50. The van der Waals surface area contributed by atoms with Crippen LogP contribution in [0.25, 0.3) is 0 Å². The molecule has 1 heterocycles. The van der Waals surface area contributed by atoms with E-state index in [1.54, 1.807) is 0 Å². The number of hydrogen-bond acceptors (Lipinski definition) is 2. The largest absolute Gasteiger partial charge is 0.377 e. The molecule has 0 aromatic heterocycles. The van der Waals surface area contributed by atoms with Crippen LogP contribution < -0.4 is 5.32 Å². The maximum absolute atomic E-state index is 11.6. The Balaban J connectivity index is 1.78. The molecule has 72 valence electrons. The van der Waals surface area contributed by atoms with E-state index < -0.39 is 0 Å². The van der Waals surface area contributed by atoms with Crippen molar-refractivity contribution in [1.29, 1.82) is 0 Å². The first kappa shape index (κ1) is 8.75. The lowest BCUT2D eigenvalue weighted by Gasteiger charge is -2.29. The van der Waals surface area contributed by atoms with Gasteiger partial charge in [-0.2, -0.15) is 0 Å². The molecule has 1 fully saturated rings. The van der Waals surface area contributed by atoms with Gasteiger partial charge >= 0.3 is 0 Å². The molecule has 1 aliphatic carbocycles. The quantitative estimate of drug-likeness (QED) is 0.641. The van der Waals surface area contributed by atoms with Crippen LogP contribution in [0.4, 0.5) is 0 Å². The first-order chi connectivity index (χ1) is 6.36. The van der Waals surface area contributed by atoms with Crippen LogP contribution in [0, 0.1) is 5.92 Å². The third-order valence-electron chi connectivity index (χ3n) is 2.62. The molecule has 0 spiro atoms. The average molecular weight is 181 g/mol. The Morgan fingerprint density at radius 1 is 1.38 bits per heavy atom. The Morgan fingerprint density at radius 3 is 2.77 bits per heavy atom. The van der Waals surface area contributed by atoms with Gasteiger partial charge in [-0.15, -0.1) is 0 Å². The molecule has 1 atom stereocenters. The van der Waals surface area contributed by atoms with Gasteiger partial charge in [0.2, 0.25) is 5.91 Å². The molecule has 1 unspecified atom stereocenters. The van der Waals surface area contributed by atoms with Crippen molar-refractivity contribution in [3.63, 3.8) is 0 Å². The first-order valence-electron chi connectivity index (χ1n) is 4.89. The topological polar surface area (TPSA) is 38.3 Å². The number of carbonyl (C=O) groups excluding carboxylic acids is 1. The molecule has 0 bridgehead atoms. The molecule has 0 aromatic rings. The second-order valence-electron chi connectivity index (χ2n) is 3.72. The second-order valence-corrected chi connectivity index (χ2v) is 3.72. The minimum absolute atomic E-state index is 0.200. The Bertz CT molecular complexity index is 221. The Kier molecular flexibility index (Phi) is 2.64. The molecular formula is C10H15NO2. The summed E-state index contributed by atoms with van der Waals surface area (Å²) in [5.41, 5.74) is 0. The van der Waals surface area contributed by atoms with Crippen LogP contribution in [0.1, 0.15) is 19.3 Å². The van der Waals surface area contributed by atoms with E-state index >= 15 is 0 Å². The maximum atomic E-state index is 11.6. The highest BCUT2D eigenvalue weighted by Crippen LogP contribution is 2.18. The van der Waals surface area contributed by atoms with E-state index in [1.807, 2.05) is 0 Å². The molecule has 3 nitrogen and oxygen atoms in total. The summed E-state index contributed by atoms with van der Waals surface area (Å²) in [6, 6.07) is 0.276. The number of ether oxygens (including phenoxy) is 1. The van der Waals surface area contributed by atoms with Crippen molar-refractivity contribution in [2.75, 3.05) is 13.2 Å². The highest BCUT2D eigenvalue weighted by Gasteiger charge is 2.25. The van der Waals surface area contributed by atoms with E-state index in [1.165, 1.54) is 0 Å². The Hall–Kier alpha value is -0.830. The molecule has 0 aromatic carbocycles. The fourth-order valence-electron chi connectivity index (χ4n) is 1.67. The third kappa shape index (κ3) is 2.10. The predicted octanol–water partition coefficient (Wildman–Crippen LogP) is 0.858. The Labute approximate surface area is 78.1 Å². The van der Waals surface area contributed by atoms with Crippen LogP contribution in [-0.2, 0) is 9.53 Å². The zero-order chi connectivity index (χ0) is 9.10. The van der Waals surface area contributed by atoms with E-state index in [2.05, 4.69) is 17.5 Å². The normalized spacial score (nSPS) is 28.2. The van der Waals surface area contributed by atoms with Crippen molar-refractivity contribution in [2.45, 2.75) is 25.3 Å². The molecule has 1 aliphatic heterocycles. The summed E-state index contributed by atoms with van der Waals surface area (Å²) >= 11 is 0. The van der Waals surface area contributed by atoms with Crippen molar-refractivity contribution in [3.05, 3.63) is 12.2 Å². The molecule has 3 heteroatoms. The first-order valence-corrected chi connectivity index (χ1v) is 4.89. The molecule has 0 saturated carbocycles. The van der Waals surface area contributed by atoms with Crippen LogP contribution in [0.15, 0.2) is 12.2 Å². The summed E-state index contributed by atoms with van der Waals surface area (Å²) in [5.74, 6) is 0.406. The lowest BCUT2D eigenvalue weighted by molar-refractivity contribution is -0.129. The Morgan fingerprint density at radius 2 is 2.23 bits per heavy atom. The zero-order valence-electron chi connectivity index (χ0n) is 7.66. The van der Waals surface area contributed by atoms with E-state index in [0.717, 1.165) is 19.3 Å². The van der Waals surface area contributed by atoms with Gasteiger partial charge in [-0.05, 0) is 19.3 Å². The summed E-state index contributed by atoms with van der Waals surface area (Å²) in [6.07, 6.45) is 7.19. The standard InChI is InChI=1S/C10H15NO2/c12-10(11-9-6-13-7-9)8-4-2-1-3-5-8/h1-2,8-9H,3-7H2,(H,11,12). The van der Waals surface area contributed by atoms with E-state index in [0.29, 0.717) is 13.2 Å². The second kappa shape index (κ2) is 3.92. The monoisotopic (exact) mass is 181 g/mol. The van der Waals surface area contributed by atoms with E-state index in [9.17, 15) is 4.79 Å². The molecule has 2 aliphatic rings. The molecule has 1 N–H and O–H groups in total. The van der Waals surface area contributed by atoms with Gasteiger partial charge in [0.25, 0.3) is 0 Å². The van der Waals surface area contributed by atoms with Crippen molar-refractivity contribution in [3.8, 4) is 0 Å². The predicted molar refractivity (Wildman–Crippen MR) is 49.2 cm³/mol. The zero-order valence-corrected chi connectivity index (χ0v) is 7.66. The highest BCUT2D eigenvalue weighted by atomic mass is 16.5. The van der Waals surface area contributed by atoms with Gasteiger partial charge in [-0.25, -0.2) is 0 Å². The fraction of sp³-hybridized carbons (Fsp3) is 0.700. The van der Waals surface area contributed by atoms with Gasteiger partial charge in [0.1, 0.15) is 0 Å². The number of allylic oxidation sites excluding steroid dienone is 2. The summed E-state index contributed by atoms with van der Waals surface area (Å²) in [7, 11) is 0. The summed E-state index contributed by atoms with van der Waals surface area (Å²) in [4.78, 5) is 11.6. The molecule has 1 amide bonds. The number of nitrogens with one attached hydrogen (secondary N) is 1. The van der Waals surface area contributed by atoms with Crippen molar-refractivity contribution < 1.29 is 9.53 Å². The van der Waals surface area contributed by atoms with Crippen LogP contribution in [0.5, 0.6) is 0 Å². The smallest absolute Gasteiger partial charge is 0.223 e. The minimum Gasteiger partial charge on any atom is -0.377 e. The van der Waals surface area contributed by atoms with Gasteiger partial charge in [0.05, 0.1) is 19.3 Å². The van der Waals surface area contributed by atoms with Gasteiger partial charge in [-0.3, -0.25) is 4.79 Å². The van der Waals surface area contributed by atoms with Gasteiger partial charge < -0.3 is 10.1 Å². The number of carbonyl (C=O) groups is 1. The average Bonchev–Trinajstić information content (AvgIpc) is 2.12. The minimum atomic E-state index is 0.200. The molecule has 2 rings (SSSR count). The number of amides is 1. The van der Waals surface area contributed by atoms with Crippen LogP contribution in [0.2, 0.25) is 0 Å². The van der Waals surface area contributed by atoms with Crippen molar-refractivity contribution >= 4 is 5.91 Å². The molecule has 1 saturated heterocycles. The number of hydrogen-bond donors (Lipinski definition) is 1. The lowest BCUT2D eigenvalue weighted by atomic mass is 9.93. The van der Waals surface area contributed by atoms with Crippen molar-refractivity contribution in [2.24, 2.45) is 5.92 Å². The van der Waals surface area contributed by atoms with Gasteiger partial charge in [-0.1, -0.05) is 12.2 Å². The van der Waals surface area contributed by atoms with E-state index in [-0.39, 0.29) is 17.9 Å². The van der Waals surface area contributed by atoms with Crippen LogP contribution >= 0.6 is 0 Å². The third-order valence-corrected chi connectivity index (χ3v) is 2.62. The van der Waals surface area contributed by atoms with Crippen molar-refractivity contribution in [1.82, 2.24) is 5.32 Å². The highest BCUT2D eigenvalue weighted by molar-refractivity contribution is 5.79. The molecule has 0 radical (unpaired) electrons. The number of rotatable bonds is 2. The fourth-order valence-corrected chi connectivity index (χ4v) is 1.67. The van der Waals surface area contributed by atoms with Crippen LogP contribution in [-0.4, -0.2) is 25.2 Å². The van der Waals surface area contributed by atoms with Gasteiger partial charge in [0.15, 0.2) is 0 Å². The SMILES string of the molecule is O=C(NC1COC1)C1CC=CCC1. The summed E-state index contributed by atoms with van der Waals surface area (Å²) < 4.78 is 4.99. The molecular weight excluding hydrogens is 166 g/mol. The van der Waals surface area contributed by atoms with Gasteiger partial charge in [0, 0.05) is 5.92 Å².